The van der Waals surface area contributed by atoms with E-state index in [1.54, 1.807) is 0 Å². The van der Waals surface area contributed by atoms with Crippen molar-refractivity contribution in [3.05, 3.63) is 0 Å². The van der Waals surface area contributed by atoms with E-state index in [-0.39, 0.29) is 18.9 Å². The van der Waals surface area contributed by atoms with Crippen LogP contribution < -0.4 is 0 Å². The van der Waals surface area contributed by atoms with E-state index in [1.165, 1.54) is 10.6 Å². The molecule has 0 bridgehead atoms. The Morgan fingerprint density at radius 1 is 0.900 bits per heavy atom. The molecule has 0 aromatic rings. The van der Waals surface area contributed by atoms with Gasteiger partial charge in [-0.1, -0.05) is 50.1 Å². The second-order valence-corrected chi connectivity index (χ2v) is 5.58. The van der Waals surface area contributed by atoms with Gasteiger partial charge in [-0.05, 0) is 0 Å². The van der Waals surface area contributed by atoms with Crippen molar-refractivity contribution in [2.24, 2.45) is 11.8 Å². The van der Waals surface area contributed by atoms with Gasteiger partial charge in [-0.2, -0.15) is 0 Å². The second-order valence-electron chi connectivity index (χ2n) is 3.72. The zero-order valence-corrected chi connectivity index (χ0v) is 9.69. The molecule has 2 heteroatoms. The molecule has 0 saturated heterocycles. The summed E-state index contributed by atoms with van der Waals surface area (Å²) < 4.78 is 0. The molecule has 0 aliphatic heterocycles. The Hall–Kier alpha value is 1.13. The van der Waals surface area contributed by atoms with Crippen LogP contribution in [0.5, 0.6) is 0 Å². The van der Waals surface area contributed by atoms with Crippen molar-refractivity contribution in [2.45, 2.75) is 38.3 Å². The molecule has 55 valence electrons. The van der Waals surface area contributed by atoms with Crippen LogP contribution >= 0.6 is 0 Å². The van der Waals surface area contributed by atoms with Crippen LogP contribution in [0.4, 0.5) is 0 Å². The minimum Gasteiger partial charge on any atom is -0.0950 e. The molecule has 0 heterocycles. The van der Waals surface area contributed by atoms with Crippen LogP contribution in [0.2, 0.25) is 10.6 Å². The van der Waals surface area contributed by atoms with Crippen molar-refractivity contribution in [3.63, 3.8) is 0 Å². The molecule has 10 heavy (non-hydrogen) atoms. The fraction of sp³-hybridized carbons (Fsp3) is 1.00. The summed E-state index contributed by atoms with van der Waals surface area (Å²) in [5.41, 5.74) is 0. The molecule has 0 aromatic carbocycles. The molecule has 0 spiro atoms. The molecule has 0 fully saturated rings. The predicted octanol–water partition coefficient (Wildman–Crippen LogP) is 2.19. The van der Waals surface area contributed by atoms with E-state index in [2.05, 4.69) is 27.7 Å². The molecule has 1 radical (unpaired) electrons. The zero-order valence-electron chi connectivity index (χ0n) is 8.28. The molecule has 0 nitrogen and oxygen atoms in total. The van der Waals surface area contributed by atoms with Crippen molar-refractivity contribution in [2.75, 3.05) is 0 Å². The van der Waals surface area contributed by atoms with Crippen LogP contribution in [0.3, 0.4) is 0 Å². The van der Waals surface area contributed by atoms with Gasteiger partial charge in [0.15, 0.2) is 0 Å². The summed E-state index contributed by atoms with van der Waals surface area (Å²) in [6.45, 7) is 9.31. The third-order valence-corrected chi connectivity index (χ3v) is 4.69. The van der Waals surface area contributed by atoms with Gasteiger partial charge in [-0.25, -0.2) is 0 Å². The van der Waals surface area contributed by atoms with Gasteiger partial charge in [-0.15, -0.1) is 0 Å². The maximum Gasteiger partial charge on any atom is 0.237 e. The summed E-state index contributed by atoms with van der Waals surface area (Å²) in [6.07, 6.45) is 0. The van der Waals surface area contributed by atoms with Gasteiger partial charge in [0.2, 0.25) is 15.2 Å². The van der Waals surface area contributed by atoms with Gasteiger partial charge in [0, 0.05) is 18.9 Å². The van der Waals surface area contributed by atoms with E-state index in [1.807, 2.05) is 0 Å². The molecule has 0 N–H and O–H groups in total. The van der Waals surface area contributed by atoms with Crippen LogP contribution in [0, 0.1) is 11.8 Å². The topological polar surface area (TPSA) is 0 Å². The maximum atomic E-state index is 2.33. The first-order valence-electron chi connectivity index (χ1n) is 4.13. The molecule has 0 rings (SSSR count). The minimum absolute atomic E-state index is 0. The fourth-order valence-electron chi connectivity index (χ4n) is 0.934. The molecule has 0 aliphatic rings. The van der Waals surface area contributed by atoms with Gasteiger partial charge in [0.05, 0.1) is 0 Å². The van der Waals surface area contributed by atoms with Crippen molar-refractivity contribution in [1.29, 1.82) is 0 Å². The van der Waals surface area contributed by atoms with Crippen LogP contribution in [-0.2, 0) is 0 Å². The Morgan fingerprint density at radius 3 is 1.40 bits per heavy atom. The van der Waals surface area contributed by atoms with Crippen LogP contribution in [0.1, 0.15) is 27.7 Å². The Balaban J connectivity index is 0. The van der Waals surface area contributed by atoms with Gasteiger partial charge >= 0.3 is 0 Å². The second kappa shape index (κ2) is 8.23. The Labute approximate surface area is 84.0 Å². The monoisotopic (exact) mass is 149 g/mol. The first kappa shape index (κ1) is 13.7. The third kappa shape index (κ3) is 11.9. The van der Waals surface area contributed by atoms with Crippen molar-refractivity contribution in [3.8, 4) is 0 Å². The molecule has 0 aromatic heterocycles. The SMILES string of the molecule is CC(C)[CH2][AlH][CH2]C(C)C.[Li]. The Kier molecular flexibility index (Phi) is 11.3. The summed E-state index contributed by atoms with van der Waals surface area (Å²) in [4.78, 5) is 0. The Bertz CT molecular complexity index is 54.3. The van der Waals surface area contributed by atoms with Gasteiger partial charge < -0.3 is 0 Å². The molecular formula is C8H19AlLi. The molecule has 0 amide bonds. The van der Waals surface area contributed by atoms with Gasteiger partial charge in [0.1, 0.15) is 0 Å². The number of hydrogen-bond acceptors (Lipinski definition) is 0. The summed E-state index contributed by atoms with van der Waals surface area (Å²) in [6, 6.07) is 0. The summed E-state index contributed by atoms with van der Waals surface area (Å²) in [7, 11) is 0. The van der Waals surface area contributed by atoms with E-state index < -0.39 is 0 Å². The summed E-state index contributed by atoms with van der Waals surface area (Å²) >= 11 is 0.316. The first-order valence-corrected chi connectivity index (χ1v) is 6.13. The van der Waals surface area contributed by atoms with Crippen molar-refractivity contribution < 1.29 is 0 Å². The van der Waals surface area contributed by atoms with Crippen molar-refractivity contribution >= 4 is 34.1 Å². The average molecular weight is 149 g/mol. The third-order valence-electron chi connectivity index (χ3n) is 1.56. The van der Waals surface area contributed by atoms with Crippen LogP contribution in [0.15, 0.2) is 0 Å². The van der Waals surface area contributed by atoms with Gasteiger partial charge in [0.25, 0.3) is 0 Å². The van der Waals surface area contributed by atoms with Crippen LogP contribution in [-0.4, -0.2) is 34.1 Å². The predicted molar refractivity (Wildman–Crippen MR) is 52.2 cm³/mol. The van der Waals surface area contributed by atoms with E-state index in [4.69, 9.17) is 0 Å². The van der Waals surface area contributed by atoms with E-state index in [0.717, 1.165) is 11.8 Å². The molecule has 0 saturated carbocycles. The quantitative estimate of drug-likeness (QED) is 0.537. The largest absolute Gasteiger partial charge is 0.237 e. The van der Waals surface area contributed by atoms with E-state index in [0.29, 0.717) is 15.2 Å². The molecule has 0 unspecified atom stereocenters. The van der Waals surface area contributed by atoms with Crippen molar-refractivity contribution in [1.82, 2.24) is 0 Å². The van der Waals surface area contributed by atoms with E-state index >= 15 is 0 Å². The smallest absolute Gasteiger partial charge is 0.0950 e. The normalized spacial score (nSPS) is 9.80. The molecular weight excluding hydrogens is 130 g/mol. The standard InChI is InChI=1S/2C4H9.Al.Li.H/c2*1-4(2)3;;;/h2*4H,1H2,2-3H3;;;. The van der Waals surface area contributed by atoms with E-state index in [9.17, 15) is 0 Å². The zero-order chi connectivity index (χ0) is 7.28. The van der Waals surface area contributed by atoms with Crippen LogP contribution in [0.25, 0.3) is 0 Å². The summed E-state index contributed by atoms with van der Waals surface area (Å²) in [5.74, 6) is 1.91. The maximum absolute atomic E-state index is 2.33. The minimum atomic E-state index is 0. The number of hydrogen-bond donors (Lipinski definition) is 0. The first-order chi connectivity index (χ1) is 4.13. The number of rotatable bonds is 4. The molecule has 0 atom stereocenters. The summed E-state index contributed by atoms with van der Waals surface area (Å²) in [5, 5.41) is 3.08. The Morgan fingerprint density at radius 2 is 1.20 bits per heavy atom. The average Bonchev–Trinajstić information content (AvgIpc) is 1.63. The van der Waals surface area contributed by atoms with Gasteiger partial charge in [-0.3, -0.25) is 0 Å². The fourth-order valence-corrected chi connectivity index (χ4v) is 2.80. The molecule has 0 aliphatic carbocycles.